The first-order valence-electron chi connectivity index (χ1n) is 10.4. The van der Waals surface area contributed by atoms with E-state index in [-0.39, 0.29) is 0 Å². The third kappa shape index (κ3) is 3.84. The van der Waals surface area contributed by atoms with Gasteiger partial charge in [-0.15, -0.1) is 0 Å². The quantitative estimate of drug-likeness (QED) is 0.395. The van der Waals surface area contributed by atoms with Crippen molar-refractivity contribution >= 4 is 23.0 Å². The van der Waals surface area contributed by atoms with E-state index in [0.717, 1.165) is 22.8 Å². The molecule has 0 spiro atoms. The molecule has 5 rings (SSSR count). The van der Waals surface area contributed by atoms with Crippen LogP contribution in [0.2, 0.25) is 5.02 Å². The van der Waals surface area contributed by atoms with Crippen molar-refractivity contribution in [3.63, 3.8) is 0 Å². The van der Waals surface area contributed by atoms with Crippen LogP contribution in [0.3, 0.4) is 0 Å². The molecule has 0 atom stereocenters. The summed E-state index contributed by atoms with van der Waals surface area (Å²) in [4.78, 5) is 0. The summed E-state index contributed by atoms with van der Waals surface area (Å²) in [6.07, 6.45) is 7.08. The highest BCUT2D eigenvalue weighted by Crippen LogP contribution is 2.35. The summed E-state index contributed by atoms with van der Waals surface area (Å²) < 4.78 is 14.9. The van der Waals surface area contributed by atoms with Gasteiger partial charge in [-0.25, -0.2) is 14.4 Å². The molecule has 2 aromatic heterocycles. The number of aromatic nitrogens is 4. The van der Waals surface area contributed by atoms with Gasteiger partial charge in [-0.3, -0.25) is 0 Å². The van der Waals surface area contributed by atoms with Gasteiger partial charge in [0.15, 0.2) is 0 Å². The molecule has 9 heteroatoms. The van der Waals surface area contributed by atoms with E-state index in [2.05, 4.69) is 16.8 Å². The fourth-order valence-corrected chi connectivity index (χ4v) is 3.91. The minimum atomic E-state index is 0.571. The third-order valence-corrected chi connectivity index (χ3v) is 5.60. The predicted molar refractivity (Wildman–Crippen MR) is 132 cm³/mol. The van der Waals surface area contributed by atoms with E-state index in [0.29, 0.717) is 27.8 Å². The van der Waals surface area contributed by atoms with Crippen LogP contribution >= 0.6 is 11.6 Å². The van der Waals surface area contributed by atoms with E-state index in [9.17, 15) is 0 Å². The van der Waals surface area contributed by atoms with Gasteiger partial charge < -0.3 is 9.47 Å². The maximum absolute atomic E-state index is 6.21. The van der Waals surface area contributed by atoms with Gasteiger partial charge in [0.2, 0.25) is 0 Å². The van der Waals surface area contributed by atoms with Crippen LogP contribution in [-0.2, 0) is 4.74 Å². The predicted octanol–water partition coefficient (Wildman–Crippen LogP) is 4.99. The molecule has 0 bridgehead atoms. The van der Waals surface area contributed by atoms with Gasteiger partial charge in [-0.2, -0.15) is 15.3 Å². The fraction of sp³-hybridized carbons (Fsp3) is 0.0800. The first-order chi connectivity index (χ1) is 16.6. The van der Waals surface area contributed by atoms with Crippen molar-refractivity contribution in [3.05, 3.63) is 108 Å². The Morgan fingerprint density at radius 3 is 2.53 bits per heavy atom. The molecule has 170 valence electrons. The number of nitrogens with zero attached hydrogens (tertiary/aromatic N) is 6. The highest BCUT2D eigenvalue weighted by molar-refractivity contribution is 6.30. The number of hydrazone groups is 1. The van der Waals surface area contributed by atoms with E-state index >= 15 is 0 Å². The zero-order valence-electron chi connectivity index (χ0n) is 18.6. The Kier molecular flexibility index (Phi) is 5.65. The maximum Gasteiger partial charge on any atom is 0.146 e. The molecular weight excluding hydrogens is 452 g/mol. The lowest BCUT2D eigenvalue weighted by Gasteiger charge is -2.26. The molecule has 0 radical (unpaired) electrons. The summed E-state index contributed by atoms with van der Waals surface area (Å²) in [5.74, 6) is 1.20. The number of ether oxygens (including phenoxy) is 2. The standard InChI is InChI=1S/C25H21ClN6O2/c1-17-24(34-3)16-31(21-9-8-19(15-23(21)33-2)30-13-5-11-27-30)29-25(17)22-10-12-28-32(22)20-7-4-6-18(26)14-20/h4-16H,1H2,2-3H3. The Morgan fingerprint density at radius 1 is 0.912 bits per heavy atom. The zero-order chi connectivity index (χ0) is 23.7. The van der Waals surface area contributed by atoms with Gasteiger partial charge in [0.05, 0.1) is 43.7 Å². The molecule has 0 saturated carbocycles. The zero-order valence-corrected chi connectivity index (χ0v) is 19.3. The molecule has 2 aromatic carbocycles. The van der Waals surface area contributed by atoms with Gasteiger partial charge in [0.25, 0.3) is 0 Å². The molecule has 34 heavy (non-hydrogen) atoms. The van der Waals surface area contributed by atoms with E-state index in [1.807, 2.05) is 60.8 Å². The number of hydrogen-bond acceptors (Lipinski definition) is 6. The van der Waals surface area contributed by atoms with Crippen molar-refractivity contribution in [2.45, 2.75) is 0 Å². The first kappa shape index (κ1) is 21.5. The summed E-state index contributed by atoms with van der Waals surface area (Å²) in [6, 6.07) is 17.0. The second kappa shape index (κ2) is 8.92. The van der Waals surface area contributed by atoms with Crippen molar-refractivity contribution < 1.29 is 9.47 Å². The molecule has 0 fully saturated rings. The van der Waals surface area contributed by atoms with Gasteiger partial charge in [0, 0.05) is 29.1 Å². The first-order valence-corrected chi connectivity index (χ1v) is 10.8. The van der Waals surface area contributed by atoms with E-state index < -0.39 is 0 Å². The monoisotopic (exact) mass is 472 g/mol. The van der Waals surface area contributed by atoms with Gasteiger partial charge in [-0.1, -0.05) is 24.2 Å². The lowest BCUT2D eigenvalue weighted by Crippen LogP contribution is -2.24. The largest absolute Gasteiger partial charge is 0.494 e. The molecule has 0 N–H and O–H groups in total. The molecule has 0 aliphatic carbocycles. The minimum absolute atomic E-state index is 0.571. The van der Waals surface area contributed by atoms with Gasteiger partial charge in [0.1, 0.15) is 22.9 Å². The smallest absolute Gasteiger partial charge is 0.146 e. The Bertz CT molecular complexity index is 1420. The summed E-state index contributed by atoms with van der Waals surface area (Å²) in [5.41, 5.74) is 4.39. The second-order valence-electron chi connectivity index (χ2n) is 7.38. The van der Waals surface area contributed by atoms with E-state index in [1.165, 1.54) is 0 Å². The molecule has 0 amide bonds. The van der Waals surface area contributed by atoms with Crippen LogP contribution in [0.4, 0.5) is 5.69 Å². The van der Waals surface area contributed by atoms with Crippen LogP contribution in [0.1, 0.15) is 5.69 Å². The van der Waals surface area contributed by atoms with E-state index in [1.54, 1.807) is 47.2 Å². The average Bonchev–Trinajstić information content (AvgIpc) is 3.56. The highest BCUT2D eigenvalue weighted by atomic mass is 35.5. The number of methoxy groups -OCH3 is 2. The van der Waals surface area contributed by atoms with Crippen LogP contribution in [0.15, 0.2) is 102 Å². The second-order valence-corrected chi connectivity index (χ2v) is 7.82. The normalized spacial score (nSPS) is 13.5. The van der Waals surface area contributed by atoms with Crippen molar-refractivity contribution in [2.75, 3.05) is 19.2 Å². The lowest BCUT2D eigenvalue weighted by molar-refractivity contribution is 0.301. The molecule has 0 saturated heterocycles. The van der Waals surface area contributed by atoms with Crippen molar-refractivity contribution in [1.29, 1.82) is 0 Å². The Labute approximate surface area is 201 Å². The molecule has 4 aromatic rings. The molecular formula is C25H21ClN6O2. The number of hydrogen-bond donors (Lipinski definition) is 0. The Balaban J connectivity index is 1.60. The summed E-state index contributed by atoms with van der Waals surface area (Å²) in [7, 11) is 3.22. The number of halogens is 1. The number of rotatable bonds is 6. The van der Waals surface area contributed by atoms with Crippen molar-refractivity contribution in [2.24, 2.45) is 5.10 Å². The summed E-state index contributed by atoms with van der Waals surface area (Å²) >= 11 is 6.21. The molecule has 1 aliphatic heterocycles. The van der Waals surface area contributed by atoms with E-state index in [4.69, 9.17) is 26.2 Å². The SMILES string of the molecule is C=C1C(OC)=CN(c2ccc(-n3cccn3)cc2OC)N=C1c1ccnn1-c1cccc(Cl)c1. The third-order valence-electron chi connectivity index (χ3n) is 5.37. The number of anilines is 1. The van der Waals surface area contributed by atoms with Crippen LogP contribution in [0.5, 0.6) is 5.75 Å². The minimum Gasteiger partial charge on any atom is -0.494 e. The van der Waals surface area contributed by atoms with Crippen molar-refractivity contribution in [3.8, 4) is 17.1 Å². The Hall–Kier alpha value is -4.30. The van der Waals surface area contributed by atoms with Crippen LogP contribution in [0, 0.1) is 0 Å². The maximum atomic E-state index is 6.21. The molecule has 1 aliphatic rings. The molecule has 8 nitrogen and oxygen atoms in total. The van der Waals surface area contributed by atoms with Crippen molar-refractivity contribution in [1.82, 2.24) is 19.6 Å². The number of benzene rings is 2. The fourth-order valence-electron chi connectivity index (χ4n) is 3.72. The topological polar surface area (TPSA) is 69.7 Å². The Morgan fingerprint density at radius 2 is 1.79 bits per heavy atom. The summed E-state index contributed by atoms with van der Waals surface area (Å²) in [5, 5.41) is 16.0. The van der Waals surface area contributed by atoms with Crippen LogP contribution < -0.4 is 9.75 Å². The number of allylic oxidation sites excluding steroid dienone is 1. The van der Waals surface area contributed by atoms with Crippen LogP contribution in [-0.4, -0.2) is 39.5 Å². The average molecular weight is 473 g/mol. The summed E-state index contributed by atoms with van der Waals surface area (Å²) in [6.45, 7) is 4.21. The lowest BCUT2D eigenvalue weighted by atomic mass is 10.1. The van der Waals surface area contributed by atoms with Gasteiger partial charge in [-0.05, 0) is 42.5 Å². The van der Waals surface area contributed by atoms with Gasteiger partial charge >= 0.3 is 0 Å². The van der Waals surface area contributed by atoms with Crippen LogP contribution in [0.25, 0.3) is 11.4 Å². The highest BCUT2D eigenvalue weighted by Gasteiger charge is 2.26. The molecule has 3 heterocycles. The molecule has 0 unspecified atom stereocenters.